The minimum absolute atomic E-state index is 0.145. The molecule has 0 saturated carbocycles. The zero-order chi connectivity index (χ0) is 14.8. The van der Waals surface area contributed by atoms with Gasteiger partial charge in [0.05, 0.1) is 22.6 Å². The van der Waals surface area contributed by atoms with Crippen LogP contribution in [-0.4, -0.2) is 20.9 Å². The fraction of sp³-hybridized carbons (Fsp3) is 0.188. The third kappa shape index (κ3) is 2.63. The van der Waals surface area contributed by atoms with Gasteiger partial charge < -0.3 is 10.3 Å². The number of imidazole rings is 1. The molecule has 3 rings (SSSR count). The summed E-state index contributed by atoms with van der Waals surface area (Å²) in [5.41, 5.74) is 3.16. The molecule has 0 spiro atoms. The van der Waals surface area contributed by atoms with E-state index in [1.165, 1.54) is 0 Å². The summed E-state index contributed by atoms with van der Waals surface area (Å²) in [5.74, 6) is 0.597. The third-order valence-electron chi connectivity index (χ3n) is 3.42. The number of aryl methyl sites for hydroxylation is 1. The number of fused-ring (bicyclic) bond motifs is 1. The molecule has 1 aromatic carbocycles. The van der Waals surface area contributed by atoms with Crippen LogP contribution in [0, 0.1) is 6.92 Å². The number of carbonyl (C=O) groups excluding carboxylic acids is 1. The summed E-state index contributed by atoms with van der Waals surface area (Å²) in [7, 11) is 0. The van der Waals surface area contributed by atoms with Gasteiger partial charge in [0, 0.05) is 11.9 Å². The van der Waals surface area contributed by atoms with Gasteiger partial charge in [-0.15, -0.1) is 0 Å². The first-order valence-corrected chi connectivity index (χ1v) is 6.82. The first-order chi connectivity index (χ1) is 10.1. The summed E-state index contributed by atoms with van der Waals surface area (Å²) < 4.78 is 0. The van der Waals surface area contributed by atoms with Crippen molar-refractivity contribution in [3.8, 4) is 0 Å². The average Bonchev–Trinajstić information content (AvgIpc) is 2.91. The van der Waals surface area contributed by atoms with E-state index in [-0.39, 0.29) is 11.9 Å². The van der Waals surface area contributed by atoms with Crippen molar-refractivity contribution in [3.63, 3.8) is 0 Å². The Balaban J connectivity index is 1.81. The average molecular weight is 280 g/mol. The smallest absolute Gasteiger partial charge is 0.253 e. The van der Waals surface area contributed by atoms with E-state index in [9.17, 15) is 4.79 Å². The Morgan fingerprint density at radius 2 is 2.05 bits per heavy atom. The number of hydrogen-bond donors (Lipinski definition) is 2. The van der Waals surface area contributed by atoms with Crippen LogP contribution in [0.4, 0.5) is 0 Å². The number of nitrogens with one attached hydrogen (secondary N) is 2. The number of nitrogens with zero attached hydrogens (tertiary/aromatic N) is 2. The van der Waals surface area contributed by atoms with E-state index in [2.05, 4.69) is 20.3 Å². The van der Waals surface area contributed by atoms with Crippen LogP contribution in [0.1, 0.15) is 34.8 Å². The molecule has 0 saturated heterocycles. The summed E-state index contributed by atoms with van der Waals surface area (Å²) in [6.07, 6.45) is 1.68. The highest BCUT2D eigenvalue weighted by Gasteiger charge is 2.16. The predicted molar refractivity (Wildman–Crippen MR) is 80.9 cm³/mol. The lowest BCUT2D eigenvalue weighted by Crippen LogP contribution is -2.28. The fourth-order valence-electron chi connectivity index (χ4n) is 2.24. The maximum atomic E-state index is 12.3. The Labute approximate surface area is 122 Å². The van der Waals surface area contributed by atoms with Crippen molar-refractivity contribution in [2.24, 2.45) is 0 Å². The van der Waals surface area contributed by atoms with Crippen molar-refractivity contribution >= 4 is 16.9 Å². The first-order valence-electron chi connectivity index (χ1n) is 6.82. The van der Waals surface area contributed by atoms with E-state index in [0.29, 0.717) is 11.3 Å². The van der Waals surface area contributed by atoms with Gasteiger partial charge in [-0.25, -0.2) is 4.98 Å². The van der Waals surface area contributed by atoms with Crippen LogP contribution in [0.5, 0.6) is 0 Å². The van der Waals surface area contributed by atoms with E-state index >= 15 is 0 Å². The van der Waals surface area contributed by atoms with Crippen LogP contribution in [-0.2, 0) is 0 Å². The van der Waals surface area contributed by atoms with E-state index < -0.39 is 0 Å². The van der Waals surface area contributed by atoms with Gasteiger partial charge in [0.25, 0.3) is 5.91 Å². The summed E-state index contributed by atoms with van der Waals surface area (Å²) in [4.78, 5) is 24.1. The van der Waals surface area contributed by atoms with Crippen molar-refractivity contribution in [3.05, 3.63) is 59.7 Å². The molecule has 0 aliphatic carbocycles. The Morgan fingerprint density at radius 3 is 2.81 bits per heavy atom. The van der Waals surface area contributed by atoms with Gasteiger partial charge in [-0.05, 0) is 38.1 Å². The van der Waals surface area contributed by atoms with Gasteiger partial charge in [0.2, 0.25) is 0 Å². The van der Waals surface area contributed by atoms with Gasteiger partial charge in [-0.3, -0.25) is 9.78 Å². The largest absolute Gasteiger partial charge is 0.342 e. The number of amides is 1. The molecule has 2 aromatic heterocycles. The quantitative estimate of drug-likeness (QED) is 0.775. The number of aromatic nitrogens is 3. The summed E-state index contributed by atoms with van der Waals surface area (Å²) in [5, 5.41) is 2.94. The number of carbonyl (C=O) groups is 1. The number of rotatable bonds is 3. The predicted octanol–water partition coefficient (Wildman–Crippen LogP) is 2.76. The lowest BCUT2D eigenvalue weighted by atomic mass is 10.2. The topological polar surface area (TPSA) is 70.7 Å². The Kier molecular flexibility index (Phi) is 3.39. The number of benzene rings is 1. The number of para-hydroxylation sites is 2. The molecule has 2 N–H and O–H groups in total. The molecular formula is C16H16N4O. The molecule has 1 amide bonds. The molecule has 0 aliphatic heterocycles. The zero-order valence-corrected chi connectivity index (χ0v) is 11.9. The summed E-state index contributed by atoms with van der Waals surface area (Å²) in [6, 6.07) is 11.1. The number of H-pyrrole nitrogens is 1. The SMILES string of the molecule is Cc1ncccc1C(=O)NC(C)c1nc2ccccc2[nH]1. The van der Waals surface area contributed by atoms with E-state index in [1.807, 2.05) is 38.1 Å². The number of aromatic amines is 1. The van der Waals surface area contributed by atoms with E-state index in [4.69, 9.17) is 0 Å². The van der Waals surface area contributed by atoms with Crippen molar-refractivity contribution in [1.29, 1.82) is 0 Å². The molecule has 2 heterocycles. The molecule has 0 bridgehead atoms. The fourth-order valence-corrected chi connectivity index (χ4v) is 2.24. The first kappa shape index (κ1) is 13.3. The molecule has 106 valence electrons. The highest BCUT2D eigenvalue weighted by molar-refractivity contribution is 5.95. The Morgan fingerprint density at radius 1 is 1.24 bits per heavy atom. The van der Waals surface area contributed by atoms with Crippen LogP contribution >= 0.6 is 0 Å². The lowest BCUT2D eigenvalue weighted by molar-refractivity contribution is 0.0937. The van der Waals surface area contributed by atoms with Crippen LogP contribution in [0.3, 0.4) is 0 Å². The highest BCUT2D eigenvalue weighted by Crippen LogP contribution is 2.16. The van der Waals surface area contributed by atoms with Gasteiger partial charge in [0.15, 0.2) is 0 Å². The van der Waals surface area contributed by atoms with E-state index in [0.717, 1.165) is 16.9 Å². The molecule has 0 radical (unpaired) electrons. The van der Waals surface area contributed by atoms with Crippen molar-refractivity contribution in [1.82, 2.24) is 20.3 Å². The molecular weight excluding hydrogens is 264 g/mol. The van der Waals surface area contributed by atoms with E-state index in [1.54, 1.807) is 18.3 Å². The molecule has 1 atom stereocenters. The molecule has 3 aromatic rings. The highest BCUT2D eigenvalue weighted by atomic mass is 16.1. The second-order valence-corrected chi connectivity index (χ2v) is 4.97. The zero-order valence-electron chi connectivity index (χ0n) is 11.9. The Hall–Kier alpha value is -2.69. The minimum Gasteiger partial charge on any atom is -0.342 e. The van der Waals surface area contributed by atoms with Crippen LogP contribution in [0.15, 0.2) is 42.6 Å². The van der Waals surface area contributed by atoms with Crippen molar-refractivity contribution in [2.45, 2.75) is 19.9 Å². The molecule has 1 unspecified atom stereocenters. The van der Waals surface area contributed by atoms with Gasteiger partial charge in [0.1, 0.15) is 5.82 Å². The van der Waals surface area contributed by atoms with Crippen LogP contribution in [0.2, 0.25) is 0 Å². The van der Waals surface area contributed by atoms with Crippen molar-refractivity contribution in [2.75, 3.05) is 0 Å². The van der Waals surface area contributed by atoms with Gasteiger partial charge in [-0.1, -0.05) is 12.1 Å². The maximum absolute atomic E-state index is 12.3. The molecule has 5 nitrogen and oxygen atoms in total. The summed E-state index contributed by atoms with van der Waals surface area (Å²) >= 11 is 0. The maximum Gasteiger partial charge on any atom is 0.253 e. The van der Waals surface area contributed by atoms with Gasteiger partial charge in [-0.2, -0.15) is 0 Å². The van der Waals surface area contributed by atoms with Gasteiger partial charge >= 0.3 is 0 Å². The number of pyridine rings is 1. The van der Waals surface area contributed by atoms with Crippen LogP contribution < -0.4 is 5.32 Å². The molecule has 5 heteroatoms. The monoisotopic (exact) mass is 280 g/mol. The van der Waals surface area contributed by atoms with Crippen LogP contribution in [0.25, 0.3) is 11.0 Å². The molecule has 0 fully saturated rings. The molecule has 0 aliphatic rings. The second kappa shape index (κ2) is 5.36. The standard InChI is InChI=1S/C16H16N4O/c1-10-12(6-5-9-17-10)16(21)18-11(2)15-19-13-7-3-4-8-14(13)20-15/h3-9,11H,1-2H3,(H,18,21)(H,19,20). The van der Waals surface area contributed by atoms with Crippen molar-refractivity contribution < 1.29 is 4.79 Å². The Bertz CT molecular complexity index is 761. The molecule has 21 heavy (non-hydrogen) atoms. The summed E-state index contributed by atoms with van der Waals surface area (Å²) in [6.45, 7) is 3.72. The minimum atomic E-state index is -0.204. The second-order valence-electron chi connectivity index (χ2n) is 4.97. The third-order valence-corrected chi connectivity index (χ3v) is 3.42. The lowest BCUT2D eigenvalue weighted by Gasteiger charge is -2.12. The normalized spacial score (nSPS) is 12.3. The number of hydrogen-bond acceptors (Lipinski definition) is 3.